The number of halogens is 1. The molecule has 3 rings (SSSR count). The van der Waals surface area contributed by atoms with Crippen LogP contribution in [0.3, 0.4) is 0 Å². The monoisotopic (exact) mass is 383 g/mol. The van der Waals surface area contributed by atoms with Crippen molar-refractivity contribution in [1.29, 1.82) is 0 Å². The molecule has 0 amide bonds. The average Bonchev–Trinajstić information content (AvgIpc) is 3.09. The molecule has 19 heavy (non-hydrogen) atoms. The summed E-state index contributed by atoms with van der Waals surface area (Å²) in [5.41, 5.74) is 6.51. The zero-order valence-corrected chi connectivity index (χ0v) is 13.4. The molecular weight excluding hydrogens is 369 g/mol. The van der Waals surface area contributed by atoms with Gasteiger partial charge in [0.05, 0.1) is 5.69 Å². The number of nitrogens with zero attached hydrogens (tertiary/aromatic N) is 2. The number of hydrogen-bond donors (Lipinski definition) is 1. The van der Waals surface area contributed by atoms with Crippen LogP contribution in [0.4, 0.5) is 5.13 Å². The highest BCUT2D eigenvalue weighted by atomic mass is 127. The van der Waals surface area contributed by atoms with Crippen molar-refractivity contribution in [2.75, 3.05) is 5.43 Å². The van der Waals surface area contributed by atoms with Crippen molar-refractivity contribution in [3.8, 4) is 11.3 Å². The Labute approximate surface area is 130 Å². The molecule has 0 bridgehead atoms. The Hall–Kier alpha value is -0.950. The summed E-state index contributed by atoms with van der Waals surface area (Å²) in [6.07, 6.45) is 4.79. The third kappa shape index (κ3) is 3.33. The molecule has 98 valence electrons. The molecule has 1 fully saturated rings. The van der Waals surface area contributed by atoms with E-state index in [0.717, 1.165) is 29.2 Å². The van der Waals surface area contributed by atoms with Gasteiger partial charge in [-0.1, -0.05) is 12.1 Å². The van der Waals surface area contributed by atoms with Gasteiger partial charge in [-0.15, -0.1) is 11.3 Å². The third-order valence-corrected chi connectivity index (χ3v) is 4.60. The van der Waals surface area contributed by atoms with Gasteiger partial charge in [0.2, 0.25) is 5.13 Å². The summed E-state index contributed by atoms with van der Waals surface area (Å²) in [4.78, 5) is 4.57. The van der Waals surface area contributed by atoms with Crippen LogP contribution < -0.4 is 5.43 Å². The Kier molecular flexibility index (Phi) is 4.12. The van der Waals surface area contributed by atoms with E-state index in [4.69, 9.17) is 0 Å². The van der Waals surface area contributed by atoms with Crippen LogP contribution in [0.1, 0.15) is 25.7 Å². The number of benzene rings is 1. The average molecular weight is 383 g/mol. The fourth-order valence-electron chi connectivity index (χ4n) is 2.10. The summed E-state index contributed by atoms with van der Waals surface area (Å²) in [5.74, 6) is 0. The lowest BCUT2D eigenvalue weighted by atomic mass is 10.2. The molecule has 0 saturated heterocycles. The van der Waals surface area contributed by atoms with E-state index in [9.17, 15) is 0 Å². The lowest BCUT2D eigenvalue weighted by Crippen LogP contribution is -1.95. The van der Waals surface area contributed by atoms with Gasteiger partial charge >= 0.3 is 0 Å². The minimum atomic E-state index is 0.868. The molecule has 3 nitrogen and oxygen atoms in total. The van der Waals surface area contributed by atoms with E-state index in [0.29, 0.717) is 0 Å². The highest BCUT2D eigenvalue weighted by Gasteiger charge is 2.08. The van der Waals surface area contributed by atoms with Crippen LogP contribution in [0.2, 0.25) is 0 Å². The van der Waals surface area contributed by atoms with Gasteiger partial charge in [0.1, 0.15) is 0 Å². The molecule has 0 radical (unpaired) electrons. The van der Waals surface area contributed by atoms with Crippen molar-refractivity contribution in [3.63, 3.8) is 0 Å². The topological polar surface area (TPSA) is 37.3 Å². The highest BCUT2D eigenvalue weighted by molar-refractivity contribution is 14.1. The van der Waals surface area contributed by atoms with Crippen LogP contribution in [-0.2, 0) is 0 Å². The molecule has 0 unspecified atom stereocenters. The fourth-order valence-corrected chi connectivity index (χ4v) is 3.12. The summed E-state index contributed by atoms with van der Waals surface area (Å²) in [6, 6.07) is 8.40. The Morgan fingerprint density at radius 1 is 1.16 bits per heavy atom. The Bertz CT molecular complexity index is 581. The molecule has 0 aliphatic heterocycles. The summed E-state index contributed by atoms with van der Waals surface area (Å²) < 4.78 is 1.24. The van der Waals surface area contributed by atoms with Crippen LogP contribution in [-0.4, -0.2) is 10.7 Å². The summed E-state index contributed by atoms with van der Waals surface area (Å²) in [5, 5.41) is 7.37. The summed E-state index contributed by atoms with van der Waals surface area (Å²) in [7, 11) is 0. The SMILES string of the molecule is Ic1ccc(-c2csc(NN=C3CCCC3)n2)cc1. The summed E-state index contributed by atoms with van der Waals surface area (Å²) >= 11 is 3.91. The van der Waals surface area contributed by atoms with E-state index >= 15 is 0 Å². The quantitative estimate of drug-likeness (QED) is 0.613. The van der Waals surface area contributed by atoms with Gasteiger partial charge in [-0.3, -0.25) is 5.43 Å². The predicted molar refractivity (Wildman–Crippen MR) is 89.8 cm³/mol. The van der Waals surface area contributed by atoms with Gasteiger partial charge in [-0.05, 0) is 60.4 Å². The molecule has 2 aromatic rings. The van der Waals surface area contributed by atoms with E-state index in [1.165, 1.54) is 22.1 Å². The van der Waals surface area contributed by atoms with Crippen LogP contribution in [0, 0.1) is 3.57 Å². The minimum absolute atomic E-state index is 0.868. The number of thiazole rings is 1. The van der Waals surface area contributed by atoms with Gasteiger partial charge in [0, 0.05) is 20.2 Å². The van der Waals surface area contributed by atoms with E-state index in [2.05, 4.69) is 67.7 Å². The van der Waals surface area contributed by atoms with Crippen molar-refractivity contribution < 1.29 is 0 Å². The van der Waals surface area contributed by atoms with Crippen LogP contribution >= 0.6 is 33.9 Å². The number of aromatic nitrogens is 1. The number of rotatable bonds is 3. The Morgan fingerprint density at radius 2 is 1.89 bits per heavy atom. The van der Waals surface area contributed by atoms with E-state index in [-0.39, 0.29) is 0 Å². The third-order valence-electron chi connectivity index (χ3n) is 3.13. The number of hydrogen-bond acceptors (Lipinski definition) is 4. The maximum atomic E-state index is 4.57. The van der Waals surface area contributed by atoms with Crippen molar-refractivity contribution in [2.24, 2.45) is 5.10 Å². The standard InChI is InChI=1S/C14H14IN3S/c15-11-7-5-10(6-8-11)13-9-19-14(16-13)18-17-12-3-1-2-4-12/h5-9H,1-4H2,(H,16,18). The maximum absolute atomic E-state index is 4.57. The first-order chi connectivity index (χ1) is 9.31. The number of nitrogens with one attached hydrogen (secondary N) is 1. The van der Waals surface area contributed by atoms with Gasteiger partial charge < -0.3 is 0 Å². The molecule has 1 N–H and O–H groups in total. The van der Waals surface area contributed by atoms with Gasteiger partial charge in [0.15, 0.2) is 0 Å². The van der Waals surface area contributed by atoms with Crippen molar-refractivity contribution in [1.82, 2.24) is 4.98 Å². The zero-order valence-electron chi connectivity index (χ0n) is 10.4. The minimum Gasteiger partial charge on any atom is -0.253 e. The van der Waals surface area contributed by atoms with Gasteiger partial charge in [0.25, 0.3) is 0 Å². The molecule has 0 atom stereocenters. The normalized spacial score (nSPS) is 14.7. The number of anilines is 1. The molecule has 1 aromatic heterocycles. The summed E-state index contributed by atoms with van der Waals surface area (Å²) in [6.45, 7) is 0. The van der Waals surface area contributed by atoms with Gasteiger partial charge in [-0.25, -0.2) is 4.98 Å². The first kappa shape index (κ1) is 13.1. The van der Waals surface area contributed by atoms with Crippen molar-refractivity contribution >= 4 is 44.8 Å². The molecule has 1 aromatic carbocycles. The lowest BCUT2D eigenvalue weighted by molar-refractivity contribution is 0.886. The molecule has 5 heteroatoms. The first-order valence-corrected chi connectivity index (χ1v) is 8.30. The molecule has 0 spiro atoms. The Morgan fingerprint density at radius 3 is 2.63 bits per heavy atom. The lowest BCUT2D eigenvalue weighted by Gasteiger charge is -1.98. The van der Waals surface area contributed by atoms with Crippen LogP contribution in [0.15, 0.2) is 34.7 Å². The van der Waals surface area contributed by atoms with Crippen molar-refractivity contribution in [2.45, 2.75) is 25.7 Å². The smallest absolute Gasteiger partial charge is 0.203 e. The Balaban J connectivity index is 1.72. The fraction of sp³-hybridized carbons (Fsp3) is 0.286. The van der Waals surface area contributed by atoms with Crippen molar-refractivity contribution in [3.05, 3.63) is 33.2 Å². The zero-order chi connectivity index (χ0) is 13.1. The highest BCUT2D eigenvalue weighted by Crippen LogP contribution is 2.25. The van der Waals surface area contributed by atoms with E-state index < -0.39 is 0 Å². The van der Waals surface area contributed by atoms with E-state index in [1.807, 2.05) is 0 Å². The van der Waals surface area contributed by atoms with Gasteiger partial charge in [-0.2, -0.15) is 5.10 Å². The first-order valence-electron chi connectivity index (χ1n) is 6.34. The largest absolute Gasteiger partial charge is 0.253 e. The molecule has 1 aliphatic carbocycles. The maximum Gasteiger partial charge on any atom is 0.203 e. The van der Waals surface area contributed by atoms with Crippen LogP contribution in [0.5, 0.6) is 0 Å². The second kappa shape index (κ2) is 6.00. The second-order valence-electron chi connectivity index (χ2n) is 4.54. The van der Waals surface area contributed by atoms with Crippen LogP contribution in [0.25, 0.3) is 11.3 Å². The second-order valence-corrected chi connectivity index (χ2v) is 6.65. The molecule has 1 heterocycles. The predicted octanol–water partition coefficient (Wildman–Crippen LogP) is 4.76. The molecular formula is C14H14IN3S. The molecule has 1 aliphatic rings. The molecule has 1 saturated carbocycles. The number of hydrazone groups is 1. The van der Waals surface area contributed by atoms with E-state index in [1.54, 1.807) is 11.3 Å².